The first-order chi connectivity index (χ1) is 14.0. The molecule has 2 aliphatic heterocycles. The van der Waals surface area contributed by atoms with Gasteiger partial charge in [-0.2, -0.15) is 0 Å². The summed E-state index contributed by atoms with van der Waals surface area (Å²) < 4.78 is 16.3. The molecule has 2 aromatic carbocycles. The van der Waals surface area contributed by atoms with Crippen LogP contribution in [0.25, 0.3) is 0 Å². The lowest BCUT2D eigenvalue weighted by molar-refractivity contribution is -0.121. The first-order valence-corrected chi connectivity index (χ1v) is 8.96. The van der Waals surface area contributed by atoms with Crippen LogP contribution >= 0.6 is 0 Å². The van der Waals surface area contributed by atoms with Gasteiger partial charge in [0.2, 0.25) is 0 Å². The number of ketones is 1. The van der Waals surface area contributed by atoms with Crippen molar-refractivity contribution in [3.63, 3.8) is 0 Å². The van der Waals surface area contributed by atoms with Gasteiger partial charge >= 0.3 is 0 Å². The van der Waals surface area contributed by atoms with E-state index in [1.807, 2.05) is 0 Å². The van der Waals surface area contributed by atoms with Crippen LogP contribution in [0.4, 0.5) is 11.4 Å². The number of ether oxygens (including phenoxy) is 3. The second-order valence-corrected chi connectivity index (χ2v) is 6.47. The highest BCUT2D eigenvalue weighted by atomic mass is 16.5. The van der Waals surface area contributed by atoms with Gasteiger partial charge in [-0.3, -0.25) is 14.4 Å². The maximum atomic E-state index is 12.6. The molecule has 29 heavy (non-hydrogen) atoms. The summed E-state index contributed by atoms with van der Waals surface area (Å²) >= 11 is 0. The largest absolute Gasteiger partial charge is 0.485 e. The van der Waals surface area contributed by atoms with Crippen LogP contribution in [0, 0.1) is 0 Å². The molecule has 148 valence electrons. The van der Waals surface area contributed by atoms with Gasteiger partial charge in [-0.05, 0) is 30.3 Å². The highest BCUT2D eigenvalue weighted by molar-refractivity contribution is 6.02. The van der Waals surface area contributed by atoms with E-state index >= 15 is 0 Å². The zero-order valence-corrected chi connectivity index (χ0v) is 15.5. The first kappa shape index (κ1) is 18.5. The Morgan fingerprint density at radius 2 is 1.93 bits per heavy atom. The summed E-state index contributed by atoms with van der Waals surface area (Å²) in [5.74, 6) is 0.798. The zero-order valence-electron chi connectivity index (χ0n) is 15.5. The van der Waals surface area contributed by atoms with Crippen molar-refractivity contribution >= 4 is 29.0 Å². The summed E-state index contributed by atoms with van der Waals surface area (Å²) in [4.78, 5) is 37.6. The van der Waals surface area contributed by atoms with E-state index in [1.165, 1.54) is 4.90 Å². The minimum Gasteiger partial charge on any atom is -0.485 e. The SMILES string of the molecule is C=CCN1C(=O)COc2ccc(C(=O)COc3ccc4c(c3)NC(=O)CO4)cc21. The second kappa shape index (κ2) is 7.67. The van der Waals surface area contributed by atoms with Gasteiger partial charge in [-0.1, -0.05) is 6.08 Å². The molecule has 1 N–H and O–H groups in total. The van der Waals surface area contributed by atoms with Gasteiger partial charge in [0, 0.05) is 18.2 Å². The van der Waals surface area contributed by atoms with Crippen molar-refractivity contribution in [2.24, 2.45) is 0 Å². The summed E-state index contributed by atoms with van der Waals surface area (Å²) in [5, 5.41) is 2.69. The molecule has 0 unspecified atom stereocenters. The van der Waals surface area contributed by atoms with Crippen molar-refractivity contribution < 1.29 is 28.6 Å². The summed E-state index contributed by atoms with van der Waals surface area (Å²) in [6, 6.07) is 9.84. The molecule has 0 saturated heterocycles. The van der Waals surface area contributed by atoms with Crippen molar-refractivity contribution in [1.29, 1.82) is 0 Å². The molecule has 0 atom stereocenters. The van der Waals surface area contributed by atoms with Crippen molar-refractivity contribution in [2.45, 2.75) is 0 Å². The number of hydrogen-bond acceptors (Lipinski definition) is 6. The Hall–Kier alpha value is -3.81. The molecule has 0 aliphatic carbocycles. The fourth-order valence-corrected chi connectivity index (χ4v) is 3.09. The van der Waals surface area contributed by atoms with Crippen LogP contribution in [-0.2, 0) is 9.59 Å². The van der Waals surface area contributed by atoms with E-state index in [0.717, 1.165) is 0 Å². The van der Waals surface area contributed by atoms with Crippen molar-refractivity contribution in [1.82, 2.24) is 0 Å². The number of amides is 2. The molecule has 0 fully saturated rings. The number of carbonyl (C=O) groups is 3. The fraction of sp³-hybridized carbons (Fsp3) is 0.190. The van der Waals surface area contributed by atoms with Gasteiger partial charge in [0.1, 0.15) is 17.2 Å². The Bertz CT molecular complexity index is 1020. The highest BCUT2D eigenvalue weighted by Gasteiger charge is 2.25. The number of fused-ring (bicyclic) bond motifs is 2. The number of rotatable bonds is 6. The summed E-state index contributed by atoms with van der Waals surface area (Å²) in [6.45, 7) is 3.71. The van der Waals surface area contributed by atoms with E-state index < -0.39 is 0 Å². The molecule has 0 bridgehead atoms. The monoisotopic (exact) mass is 394 g/mol. The van der Waals surface area contributed by atoms with Gasteiger partial charge in [0.25, 0.3) is 11.8 Å². The lowest BCUT2D eigenvalue weighted by Crippen LogP contribution is -2.39. The van der Waals surface area contributed by atoms with Gasteiger partial charge in [-0.25, -0.2) is 0 Å². The maximum Gasteiger partial charge on any atom is 0.265 e. The molecule has 2 aromatic rings. The number of carbonyl (C=O) groups excluding carboxylic acids is 3. The summed E-state index contributed by atoms with van der Waals surface area (Å²) in [5.41, 5.74) is 1.42. The molecule has 0 aromatic heterocycles. The number of nitrogens with one attached hydrogen (secondary N) is 1. The standard InChI is InChI=1S/C21H18N2O6/c1-2-7-23-16-8-13(3-5-19(16)29-12-21(23)26)17(24)10-27-14-4-6-18-15(9-14)22-20(25)11-28-18/h2-6,8-9H,1,7,10-12H2,(H,22,25). The van der Waals surface area contributed by atoms with Gasteiger partial charge in [0.05, 0.1) is 11.4 Å². The third kappa shape index (κ3) is 3.77. The second-order valence-electron chi connectivity index (χ2n) is 6.47. The normalized spacial score (nSPS) is 14.7. The number of anilines is 2. The van der Waals surface area contributed by atoms with Crippen LogP contribution in [0.15, 0.2) is 49.1 Å². The Labute approximate surface area is 166 Å². The number of nitrogens with zero attached hydrogens (tertiary/aromatic N) is 1. The van der Waals surface area contributed by atoms with Crippen LogP contribution in [-0.4, -0.2) is 44.0 Å². The van der Waals surface area contributed by atoms with Gasteiger partial charge in [0.15, 0.2) is 25.6 Å². The molecular formula is C21H18N2O6. The van der Waals surface area contributed by atoms with E-state index in [1.54, 1.807) is 42.5 Å². The quantitative estimate of drug-likeness (QED) is 0.596. The predicted molar refractivity (Wildman–Crippen MR) is 105 cm³/mol. The highest BCUT2D eigenvalue weighted by Crippen LogP contribution is 2.34. The average Bonchev–Trinajstić information content (AvgIpc) is 2.73. The summed E-state index contributed by atoms with van der Waals surface area (Å²) in [7, 11) is 0. The molecule has 8 heteroatoms. The van der Waals surface area contributed by atoms with Crippen molar-refractivity contribution in [2.75, 3.05) is 36.6 Å². The van der Waals surface area contributed by atoms with Gasteiger partial charge in [-0.15, -0.1) is 6.58 Å². The lowest BCUT2D eigenvalue weighted by atomic mass is 10.1. The average molecular weight is 394 g/mol. The fourth-order valence-electron chi connectivity index (χ4n) is 3.09. The molecule has 2 aliphatic rings. The minimum absolute atomic E-state index is 0.0287. The van der Waals surface area contributed by atoms with Gasteiger partial charge < -0.3 is 24.4 Å². The molecule has 2 heterocycles. The first-order valence-electron chi connectivity index (χ1n) is 8.96. The van der Waals surface area contributed by atoms with E-state index in [4.69, 9.17) is 14.2 Å². The van der Waals surface area contributed by atoms with Crippen LogP contribution < -0.4 is 24.4 Å². The van der Waals surface area contributed by atoms with Crippen LogP contribution in [0.5, 0.6) is 17.2 Å². The van der Waals surface area contributed by atoms with Crippen molar-refractivity contribution in [3.8, 4) is 17.2 Å². The molecule has 2 amide bonds. The lowest BCUT2D eigenvalue weighted by Gasteiger charge is -2.28. The van der Waals surface area contributed by atoms with Crippen LogP contribution in [0.2, 0.25) is 0 Å². The number of benzene rings is 2. The molecule has 0 radical (unpaired) electrons. The molecule has 8 nitrogen and oxygen atoms in total. The van der Waals surface area contributed by atoms with Crippen LogP contribution in [0.1, 0.15) is 10.4 Å². The Kier molecular flexibility index (Phi) is 4.90. The third-order valence-electron chi connectivity index (χ3n) is 4.49. The molecule has 0 spiro atoms. The third-order valence-corrected chi connectivity index (χ3v) is 4.49. The predicted octanol–water partition coefficient (Wildman–Crippen LogP) is 2.19. The molecule has 4 rings (SSSR count). The Morgan fingerprint density at radius 1 is 1.14 bits per heavy atom. The van der Waals surface area contributed by atoms with E-state index in [2.05, 4.69) is 11.9 Å². The minimum atomic E-state index is -0.262. The van der Waals surface area contributed by atoms with Crippen molar-refractivity contribution in [3.05, 3.63) is 54.6 Å². The van der Waals surface area contributed by atoms with Crippen LogP contribution in [0.3, 0.4) is 0 Å². The number of hydrogen-bond donors (Lipinski definition) is 1. The smallest absolute Gasteiger partial charge is 0.265 e. The molecular weight excluding hydrogens is 376 g/mol. The van der Waals surface area contributed by atoms with E-state index in [9.17, 15) is 14.4 Å². The summed E-state index contributed by atoms with van der Waals surface area (Å²) in [6.07, 6.45) is 1.61. The van der Waals surface area contributed by atoms with E-state index in [-0.39, 0.29) is 37.4 Å². The molecule has 0 saturated carbocycles. The zero-order chi connectivity index (χ0) is 20.4. The number of Topliss-reactive ketones (excluding diaryl/α,β-unsaturated/α-hetero) is 1. The van der Waals surface area contributed by atoms with E-state index in [0.29, 0.717) is 40.7 Å². The maximum absolute atomic E-state index is 12.6. The Balaban J connectivity index is 1.48. The topological polar surface area (TPSA) is 94.2 Å². The Morgan fingerprint density at radius 3 is 2.76 bits per heavy atom.